The molecule has 0 fully saturated rings. The third-order valence-corrected chi connectivity index (χ3v) is 3.89. The maximum absolute atomic E-state index is 11.4. The van der Waals surface area contributed by atoms with E-state index in [1.54, 1.807) is 18.2 Å². The lowest BCUT2D eigenvalue weighted by atomic mass is 10.3. The standard InChI is InChI=1S/C12H12BrNO3S/c1-18(15,16)11-4-2-3-9(7-11)14-8-10-5-6-12(13)17-10/h2-7,14H,8H2,1H3. The number of sulfone groups is 1. The van der Waals surface area contributed by atoms with Gasteiger partial charge in [-0.3, -0.25) is 0 Å². The highest BCUT2D eigenvalue weighted by Gasteiger charge is 2.07. The number of anilines is 1. The lowest BCUT2D eigenvalue weighted by molar-refractivity contribution is 0.495. The summed E-state index contributed by atoms with van der Waals surface area (Å²) in [6.45, 7) is 0.499. The fraction of sp³-hybridized carbons (Fsp3) is 0.167. The predicted molar refractivity (Wildman–Crippen MR) is 73.3 cm³/mol. The lowest BCUT2D eigenvalue weighted by Crippen LogP contribution is -2.01. The Labute approximate surface area is 114 Å². The molecule has 0 atom stereocenters. The Kier molecular flexibility index (Phi) is 3.77. The van der Waals surface area contributed by atoms with Gasteiger partial charge in [0.1, 0.15) is 5.76 Å². The van der Waals surface area contributed by atoms with Gasteiger partial charge in [0, 0.05) is 11.9 Å². The van der Waals surface area contributed by atoms with Crippen LogP contribution >= 0.6 is 15.9 Å². The van der Waals surface area contributed by atoms with Gasteiger partial charge in [-0.1, -0.05) is 6.07 Å². The molecule has 0 aliphatic carbocycles. The van der Waals surface area contributed by atoms with Gasteiger partial charge in [0.15, 0.2) is 14.5 Å². The van der Waals surface area contributed by atoms with Crippen molar-refractivity contribution in [1.82, 2.24) is 0 Å². The van der Waals surface area contributed by atoms with Crippen LogP contribution in [0.4, 0.5) is 5.69 Å². The van der Waals surface area contributed by atoms with Crippen molar-refractivity contribution < 1.29 is 12.8 Å². The Morgan fingerprint density at radius 2 is 2.06 bits per heavy atom. The Morgan fingerprint density at radius 1 is 1.28 bits per heavy atom. The second-order valence-corrected chi connectivity index (χ2v) is 6.66. The van der Waals surface area contributed by atoms with Crippen molar-refractivity contribution in [3.05, 3.63) is 46.8 Å². The molecule has 0 radical (unpaired) electrons. The van der Waals surface area contributed by atoms with Crippen LogP contribution < -0.4 is 5.32 Å². The molecule has 6 heteroatoms. The molecule has 1 N–H and O–H groups in total. The van der Waals surface area contributed by atoms with Crippen molar-refractivity contribution in [3.63, 3.8) is 0 Å². The first-order valence-electron chi connectivity index (χ1n) is 5.23. The van der Waals surface area contributed by atoms with Crippen LogP contribution in [0.25, 0.3) is 0 Å². The summed E-state index contributed by atoms with van der Waals surface area (Å²) >= 11 is 3.22. The highest BCUT2D eigenvalue weighted by Crippen LogP contribution is 2.18. The van der Waals surface area contributed by atoms with Gasteiger partial charge in [0.25, 0.3) is 0 Å². The third-order valence-electron chi connectivity index (χ3n) is 2.36. The van der Waals surface area contributed by atoms with Crippen LogP contribution in [0.3, 0.4) is 0 Å². The van der Waals surface area contributed by atoms with E-state index in [0.717, 1.165) is 11.4 Å². The van der Waals surface area contributed by atoms with E-state index in [1.165, 1.54) is 6.26 Å². The van der Waals surface area contributed by atoms with E-state index in [1.807, 2.05) is 18.2 Å². The molecule has 96 valence electrons. The highest BCUT2D eigenvalue weighted by atomic mass is 79.9. The van der Waals surface area contributed by atoms with Crippen molar-refractivity contribution >= 4 is 31.5 Å². The molecule has 0 aliphatic heterocycles. The highest BCUT2D eigenvalue weighted by molar-refractivity contribution is 9.10. The van der Waals surface area contributed by atoms with Crippen molar-refractivity contribution in [1.29, 1.82) is 0 Å². The summed E-state index contributed by atoms with van der Waals surface area (Å²) < 4.78 is 28.8. The van der Waals surface area contributed by atoms with Crippen LogP contribution in [0.5, 0.6) is 0 Å². The Hall–Kier alpha value is -1.27. The molecule has 0 aliphatic rings. The molecule has 0 spiro atoms. The average Bonchev–Trinajstić information content (AvgIpc) is 2.72. The number of hydrogen-bond donors (Lipinski definition) is 1. The van der Waals surface area contributed by atoms with Gasteiger partial charge in [-0.2, -0.15) is 0 Å². The molecule has 0 saturated carbocycles. The van der Waals surface area contributed by atoms with E-state index in [9.17, 15) is 8.42 Å². The molecule has 0 amide bonds. The fourth-order valence-electron chi connectivity index (χ4n) is 1.47. The van der Waals surface area contributed by atoms with Crippen LogP contribution in [-0.4, -0.2) is 14.7 Å². The largest absolute Gasteiger partial charge is 0.452 e. The van der Waals surface area contributed by atoms with E-state index < -0.39 is 9.84 Å². The molecular formula is C12H12BrNO3S. The van der Waals surface area contributed by atoms with E-state index in [0.29, 0.717) is 16.1 Å². The number of benzene rings is 1. The van der Waals surface area contributed by atoms with Crippen molar-refractivity contribution in [2.24, 2.45) is 0 Å². The Morgan fingerprint density at radius 3 is 2.67 bits per heavy atom. The van der Waals surface area contributed by atoms with Gasteiger partial charge < -0.3 is 9.73 Å². The first kappa shape index (κ1) is 13.2. The molecular weight excluding hydrogens is 318 g/mol. The van der Waals surface area contributed by atoms with Crippen molar-refractivity contribution in [2.75, 3.05) is 11.6 Å². The molecule has 2 aromatic rings. The summed E-state index contributed by atoms with van der Waals surface area (Å²) in [7, 11) is -3.18. The molecule has 4 nitrogen and oxygen atoms in total. The predicted octanol–water partition coefficient (Wildman–Crippen LogP) is 3.06. The van der Waals surface area contributed by atoms with Gasteiger partial charge in [-0.05, 0) is 46.3 Å². The van der Waals surface area contributed by atoms with Gasteiger partial charge in [-0.15, -0.1) is 0 Å². The fourth-order valence-corrected chi connectivity index (χ4v) is 2.48. The number of halogens is 1. The molecule has 1 aromatic carbocycles. The maximum atomic E-state index is 11.4. The van der Waals surface area contributed by atoms with E-state index in [4.69, 9.17) is 4.42 Å². The molecule has 1 heterocycles. The quantitative estimate of drug-likeness (QED) is 0.936. The normalized spacial score (nSPS) is 11.4. The summed E-state index contributed by atoms with van der Waals surface area (Å²) in [6.07, 6.45) is 1.19. The second-order valence-electron chi connectivity index (χ2n) is 3.86. The van der Waals surface area contributed by atoms with Crippen LogP contribution in [0.15, 0.2) is 50.4 Å². The van der Waals surface area contributed by atoms with Crippen LogP contribution in [0, 0.1) is 0 Å². The first-order chi connectivity index (χ1) is 8.45. The zero-order valence-corrected chi connectivity index (χ0v) is 12.1. The first-order valence-corrected chi connectivity index (χ1v) is 7.92. The average molecular weight is 330 g/mol. The number of furan rings is 1. The summed E-state index contributed by atoms with van der Waals surface area (Å²) in [6, 6.07) is 10.3. The summed E-state index contributed by atoms with van der Waals surface area (Å²) in [5, 5.41) is 3.11. The van der Waals surface area contributed by atoms with Crippen LogP contribution in [-0.2, 0) is 16.4 Å². The minimum absolute atomic E-state index is 0.299. The van der Waals surface area contributed by atoms with Gasteiger partial charge in [-0.25, -0.2) is 8.42 Å². The van der Waals surface area contributed by atoms with Gasteiger partial charge >= 0.3 is 0 Å². The van der Waals surface area contributed by atoms with E-state index >= 15 is 0 Å². The van der Waals surface area contributed by atoms with Gasteiger partial charge in [0.2, 0.25) is 0 Å². The minimum Gasteiger partial charge on any atom is -0.452 e. The Balaban J connectivity index is 2.11. The second kappa shape index (κ2) is 5.16. The van der Waals surface area contributed by atoms with Crippen LogP contribution in [0.1, 0.15) is 5.76 Å². The third kappa shape index (κ3) is 3.36. The topological polar surface area (TPSA) is 59.3 Å². The van der Waals surface area contributed by atoms with E-state index in [-0.39, 0.29) is 0 Å². The van der Waals surface area contributed by atoms with Crippen molar-refractivity contribution in [2.45, 2.75) is 11.4 Å². The van der Waals surface area contributed by atoms with Crippen molar-refractivity contribution in [3.8, 4) is 0 Å². The molecule has 0 bridgehead atoms. The monoisotopic (exact) mass is 329 g/mol. The minimum atomic E-state index is -3.18. The summed E-state index contributed by atoms with van der Waals surface area (Å²) in [4.78, 5) is 0.299. The molecule has 1 aromatic heterocycles. The smallest absolute Gasteiger partial charge is 0.175 e. The zero-order chi connectivity index (χ0) is 13.2. The number of rotatable bonds is 4. The van der Waals surface area contributed by atoms with Gasteiger partial charge in [0.05, 0.1) is 11.4 Å². The number of hydrogen-bond acceptors (Lipinski definition) is 4. The molecule has 2 rings (SSSR count). The summed E-state index contributed by atoms with van der Waals surface area (Å²) in [5.74, 6) is 0.770. The molecule has 18 heavy (non-hydrogen) atoms. The van der Waals surface area contributed by atoms with Crippen LogP contribution in [0.2, 0.25) is 0 Å². The summed E-state index contributed by atoms with van der Waals surface area (Å²) in [5.41, 5.74) is 0.741. The molecule has 0 saturated heterocycles. The Bertz CT molecular complexity index is 649. The SMILES string of the molecule is CS(=O)(=O)c1cccc(NCc2ccc(Br)o2)c1. The lowest BCUT2D eigenvalue weighted by Gasteiger charge is -2.06. The number of nitrogens with one attached hydrogen (secondary N) is 1. The maximum Gasteiger partial charge on any atom is 0.175 e. The van der Waals surface area contributed by atoms with E-state index in [2.05, 4.69) is 21.2 Å². The molecule has 0 unspecified atom stereocenters. The zero-order valence-electron chi connectivity index (χ0n) is 9.68.